The van der Waals surface area contributed by atoms with Gasteiger partial charge in [-0.1, -0.05) is 35.4 Å². The maximum Gasteiger partial charge on any atom is 0.219 e. The normalized spacial score (nSPS) is 32.6. The van der Waals surface area contributed by atoms with E-state index in [-0.39, 0.29) is 19.7 Å². The lowest BCUT2D eigenvalue weighted by atomic mass is 9.94. The van der Waals surface area contributed by atoms with Crippen molar-refractivity contribution in [1.82, 2.24) is 4.90 Å². The Hall–Kier alpha value is -2.24. The van der Waals surface area contributed by atoms with Gasteiger partial charge in [-0.05, 0) is 5.53 Å². The minimum absolute atomic E-state index is 0.0479. The second-order valence-corrected chi connectivity index (χ2v) is 6.94. The Bertz CT molecular complexity index is 745. The highest BCUT2D eigenvalue weighted by molar-refractivity contribution is 5.73. The van der Waals surface area contributed by atoms with Crippen LogP contribution in [0.2, 0.25) is 0 Å². The van der Waals surface area contributed by atoms with Crippen molar-refractivity contribution in [2.24, 2.45) is 5.11 Å². The smallest absolute Gasteiger partial charge is 0.219 e. The molecule has 0 bridgehead atoms. The van der Waals surface area contributed by atoms with Crippen LogP contribution in [0.25, 0.3) is 10.4 Å². The number of nitrogens with zero attached hydrogens (tertiary/aromatic N) is 4. The molecule has 2 aliphatic heterocycles. The van der Waals surface area contributed by atoms with Crippen LogP contribution in [0.4, 0.5) is 0 Å². The number of ether oxygens (including phenoxy) is 3. The van der Waals surface area contributed by atoms with Gasteiger partial charge in [0.2, 0.25) is 5.91 Å². The molecular weight excluding hydrogens is 384 g/mol. The van der Waals surface area contributed by atoms with Crippen molar-refractivity contribution < 1.29 is 34.3 Å². The Balaban J connectivity index is 1.77. The van der Waals surface area contributed by atoms with E-state index in [4.69, 9.17) is 19.7 Å². The van der Waals surface area contributed by atoms with Gasteiger partial charge in [-0.3, -0.25) is 4.79 Å². The van der Waals surface area contributed by atoms with Crippen molar-refractivity contribution in [3.63, 3.8) is 0 Å². The largest absolute Gasteiger partial charge is 0.829 e. The molecule has 2 heterocycles. The number of rotatable bonds is 6. The highest BCUT2D eigenvalue weighted by atomic mass is 16.7. The minimum atomic E-state index is -1.76. The number of aliphatic hydroxyl groups excluding tert-OH is 2. The Kier molecular flexibility index (Phi) is 7.04. The van der Waals surface area contributed by atoms with Crippen molar-refractivity contribution >= 4 is 5.91 Å². The summed E-state index contributed by atoms with van der Waals surface area (Å²) in [6, 6.07) is 7.82. The molecule has 1 amide bonds. The number of benzene rings is 1. The summed E-state index contributed by atoms with van der Waals surface area (Å²) in [5.41, 5.74) is 9.11. The molecule has 0 radical (unpaired) electrons. The molecule has 7 atom stereocenters. The fraction of sp³-hybridized carbons (Fsp3) is 0.611. The summed E-state index contributed by atoms with van der Waals surface area (Å²) in [6.45, 7) is 0.684. The van der Waals surface area contributed by atoms with E-state index in [1.807, 2.05) is 30.3 Å². The van der Waals surface area contributed by atoms with Gasteiger partial charge < -0.3 is 34.4 Å². The van der Waals surface area contributed by atoms with E-state index in [0.29, 0.717) is 0 Å². The third-order valence-electron chi connectivity index (χ3n) is 4.93. The number of carbonyl (C=O) groups excluding carboxylic acids is 1. The van der Waals surface area contributed by atoms with Crippen LogP contribution in [0, 0.1) is 0 Å². The van der Waals surface area contributed by atoms with Gasteiger partial charge in [-0.2, -0.15) is 0 Å². The van der Waals surface area contributed by atoms with Gasteiger partial charge >= 0.3 is 0 Å². The van der Waals surface area contributed by atoms with E-state index in [2.05, 4.69) is 10.0 Å². The molecule has 1 unspecified atom stereocenters. The molecule has 2 aliphatic rings. The number of amides is 1. The summed E-state index contributed by atoms with van der Waals surface area (Å²) in [6.07, 6.45) is -6.75. The summed E-state index contributed by atoms with van der Waals surface area (Å²) >= 11 is 0. The highest BCUT2D eigenvalue weighted by Gasteiger charge is 2.48. The number of hydrogen-bond acceptors (Lipinski definition) is 8. The fourth-order valence-corrected chi connectivity index (χ4v) is 3.56. The molecule has 29 heavy (non-hydrogen) atoms. The summed E-state index contributed by atoms with van der Waals surface area (Å²) in [7, 11) is 0. The zero-order valence-corrected chi connectivity index (χ0v) is 15.8. The molecule has 0 aliphatic carbocycles. The van der Waals surface area contributed by atoms with Crippen molar-refractivity contribution in [3.05, 3.63) is 46.3 Å². The predicted molar refractivity (Wildman–Crippen MR) is 95.9 cm³/mol. The molecule has 158 valence electrons. The van der Waals surface area contributed by atoms with E-state index in [9.17, 15) is 20.1 Å². The maximum atomic E-state index is 12.6. The van der Waals surface area contributed by atoms with Crippen LogP contribution in [-0.2, 0) is 19.0 Å². The molecule has 0 spiro atoms. The zero-order chi connectivity index (χ0) is 21.0. The van der Waals surface area contributed by atoms with E-state index in [1.165, 1.54) is 6.92 Å². The Labute approximate surface area is 167 Å². The summed E-state index contributed by atoms with van der Waals surface area (Å²) < 4.78 is 16.9. The molecule has 2 saturated heterocycles. The molecule has 1 aromatic rings. The van der Waals surface area contributed by atoms with Crippen LogP contribution in [0.1, 0.15) is 18.8 Å². The van der Waals surface area contributed by atoms with Crippen LogP contribution in [0.15, 0.2) is 35.4 Å². The monoisotopic (exact) mass is 407 g/mol. The van der Waals surface area contributed by atoms with Gasteiger partial charge in [0.25, 0.3) is 0 Å². The van der Waals surface area contributed by atoms with Crippen LogP contribution in [0.3, 0.4) is 0 Å². The van der Waals surface area contributed by atoms with Gasteiger partial charge in [0.05, 0.1) is 25.3 Å². The third kappa shape index (κ3) is 4.85. The number of hydrogen-bond donors (Lipinski definition) is 2. The lowest BCUT2D eigenvalue weighted by Crippen LogP contribution is -2.70. The number of aliphatic hydroxyl groups is 2. The summed E-state index contributed by atoms with van der Waals surface area (Å²) in [4.78, 5) is 15.7. The highest BCUT2D eigenvalue weighted by Crippen LogP contribution is 2.34. The molecule has 0 aromatic heterocycles. The minimum Gasteiger partial charge on any atom is -0.829 e. The van der Waals surface area contributed by atoms with Gasteiger partial charge in [0, 0.05) is 30.2 Å². The quantitative estimate of drug-likeness (QED) is 0.363. The van der Waals surface area contributed by atoms with Crippen LogP contribution in [0.5, 0.6) is 0 Å². The molecular formula is C18H23N4O7-. The van der Waals surface area contributed by atoms with E-state index in [0.717, 1.165) is 10.5 Å². The Morgan fingerprint density at radius 1 is 1.41 bits per heavy atom. The van der Waals surface area contributed by atoms with Crippen molar-refractivity contribution in [2.45, 2.75) is 50.0 Å². The van der Waals surface area contributed by atoms with Crippen molar-refractivity contribution in [1.29, 1.82) is 0 Å². The van der Waals surface area contributed by atoms with Crippen LogP contribution in [-0.4, -0.2) is 77.5 Å². The lowest BCUT2D eigenvalue weighted by Gasteiger charge is -2.53. The van der Waals surface area contributed by atoms with E-state index < -0.39 is 48.9 Å². The first-order chi connectivity index (χ1) is 13.9. The second kappa shape index (κ2) is 9.51. The standard InChI is InChI=1S/C18H23N4O7/c1-10(23)22(8-12(24)7-20-21-19)14-15(25)16-13(28-17(14)26)9-27-18(29-16)11-5-3-2-4-6-11/h2-6,12-18,24-25H,7-9H2,1H3/q-1/t12-,13+,14+,15+,16+,17+,18?/m0/s1. The van der Waals surface area contributed by atoms with Gasteiger partial charge in [-0.25, -0.2) is 0 Å². The number of carbonyl (C=O) groups is 1. The van der Waals surface area contributed by atoms with Gasteiger partial charge in [0.1, 0.15) is 18.3 Å². The average Bonchev–Trinajstić information content (AvgIpc) is 2.71. The van der Waals surface area contributed by atoms with Crippen LogP contribution >= 0.6 is 0 Å². The molecule has 11 nitrogen and oxygen atoms in total. The first-order valence-corrected chi connectivity index (χ1v) is 9.20. The number of fused-ring (bicyclic) bond motifs is 1. The predicted octanol–water partition coefficient (Wildman–Crippen LogP) is -0.565. The molecule has 2 fully saturated rings. The maximum absolute atomic E-state index is 12.6. The lowest BCUT2D eigenvalue weighted by molar-refractivity contribution is -0.532. The van der Waals surface area contributed by atoms with Crippen molar-refractivity contribution in [3.8, 4) is 0 Å². The molecule has 1 aromatic carbocycles. The molecule has 11 heteroatoms. The first-order valence-electron chi connectivity index (χ1n) is 9.20. The SMILES string of the molecule is CC(=O)N(C[C@@H](O)CN=[N+]=[N-])[C@@H]1[C@@H](O)[C@@H]2OC(c3ccccc3)OC[C@H]2O[C@H]1[O-]. The van der Waals surface area contributed by atoms with Crippen LogP contribution < -0.4 is 5.11 Å². The topological polar surface area (TPSA) is 160 Å². The van der Waals surface area contributed by atoms with Gasteiger partial charge in [-0.15, -0.1) is 0 Å². The van der Waals surface area contributed by atoms with Crippen molar-refractivity contribution in [2.75, 3.05) is 19.7 Å². The summed E-state index contributed by atoms with van der Waals surface area (Å²) in [5, 5.41) is 36.7. The Morgan fingerprint density at radius 3 is 2.79 bits per heavy atom. The Morgan fingerprint density at radius 2 is 2.14 bits per heavy atom. The average molecular weight is 407 g/mol. The molecule has 2 N–H and O–H groups in total. The summed E-state index contributed by atoms with van der Waals surface area (Å²) in [5.74, 6) is -0.538. The fourth-order valence-electron chi connectivity index (χ4n) is 3.56. The van der Waals surface area contributed by atoms with E-state index in [1.54, 1.807) is 0 Å². The molecule has 3 rings (SSSR count). The number of azide groups is 1. The molecule has 0 saturated carbocycles. The van der Waals surface area contributed by atoms with E-state index >= 15 is 0 Å². The second-order valence-electron chi connectivity index (χ2n) is 6.94. The van der Waals surface area contributed by atoms with Gasteiger partial charge in [0.15, 0.2) is 6.29 Å². The third-order valence-corrected chi connectivity index (χ3v) is 4.93. The zero-order valence-electron chi connectivity index (χ0n) is 15.8. The first kappa shape index (κ1) is 21.5.